The fraction of sp³-hybridized carbons (Fsp3) is 0.333. The number of hydrogen-bond acceptors (Lipinski definition) is 1. The molecule has 0 aliphatic heterocycles. The minimum absolute atomic E-state index is 0.0711. The number of benzene rings is 1. The Balaban J connectivity index is 2.49. The van der Waals surface area contributed by atoms with Crippen LogP contribution in [0.2, 0.25) is 5.02 Å². The second kappa shape index (κ2) is 5.10. The van der Waals surface area contributed by atoms with Crippen molar-refractivity contribution in [2.45, 2.75) is 32.5 Å². The van der Waals surface area contributed by atoms with Gasteiger partial charge in [-0.15, -0.1) is 0 Å². The van der Waals surface area contributed by atoms with Gasteiger partial charge in [0.1, 0.15) is 11.5 Å². The summed E-state index contributed by atoms with van der Waals surface area (Å²) in [6, 6.07) is 6.21. The molecule has 18 heavy (non-hydrogen) atoms. The van der Waals surface area contributed by atoms with Gasteiger partial charge < -0.3 is 4.42 Å². The SMILES string of the molecule is Cc1cc(C(Br)c2cc(C)c(C)cc2Cl)c(C)o1. The van der Waals surface area contributed by atoms with Crippen molar-refractivity contribution in [3.63, 3.8) is 0 Å². The lowest BCUT2D eigenvalue weighted by molar-refractivity contribution is 0.502. The van der Waals surface area contributed by atoms with Crippen LogP contribution in [0.3, 0.4) is 0 Å². The van der Waals surface area contributed by atoms with Gasteiger partial charge in [-0.05, 0) is 56.5 Å². The van der Waals surface area contributed by atoms with Crippen LogP contribution in [0.5, 0.6) is 0 Å². The Bertz CT molecular complexity index is 586. The Morgan fingerprint density at radius 1 is 1.00 bits per heavy atom. The van der Waals surface area contributed by atoms with Gasteiger partial charge in [0.05, 0.1) is 4.83 Å². The molecule has 0 amide bonds. The fourth-order valence-electron chi connectivity index (χ4n) is 2.07. The molecule has 1 atom stereocenters. The van der Waals surface area contributed by atoms with Gasteiger partial charge in [0, 0.05) is 10.6 Å². The number of furan rings is 1. The zero-order valence-electron chi connectivity index (χ0n) is 11.0. The van der Waals surface area contributed by atoms with Crippen molar-refractivity contribution in [3.8, 4) is 0 Å². The van der Waals surface area contributed by atoms with Gasteiger partial charge >= 0.3 is 0 Å². The van der Waals surface area contributed by atoms with E-state index in [1.54, 1.807) is 0 Å². The van der Waals surface area contributed by atoms with E-state index in [2.05, 4.69) is 41.9 Å². The molecule has 0 aliphatic carbocycles. The van der Waals surface area contributed by atoms with Gasteiger partial charge in [-0.3, -0.25) is 0 Å². The number of halogens is 2. The maximum Gasteiger partial charge on any atom is 0.105 e. The van der Waals surface area contributed by atoms with Crippen molar-refractivity contribution < 1.29 is 4.42 Å². The lowest BCUT2D eigenvalue weighted by Crippen LogP contribution is -1.96. The summed E-state index contributed by atoms with van der Waals surface area (Å²) in [5, 5.41) is 0.790. The molecule has 0 radical (unpaired) electrons. The van der Waals surface area contributed by atoms with E-state index in [0.29, 0.717) is 0 Å². The Hall–Kier alpha value is -0.730. The molecule has 0 bridgehead atoms. The highest BCUT2D eigenvalue weighted by atomic mass is 79.9. The number of aryl methyl sites for hydroxylation is 4. The van der Waals surface area contributed by atoms with Crippen molar-refractivity contribution in [1.29, 1.82) is 0 Å². The Morgan fingerprint density at radius 2 is 1.61 bits per heavy atom. The average molecular weight is 328 g/mol. The molecule has 0 aliphatic rings. The van der Waals surface area contributed by atoms with Crippen LogP contribution in [0, 0.1) is 27.7 Å². The van der Waals surface area contributed by atoms with Crippen molar-refractivity contribution in [1.82, 2.24) is 0 Å². The number of alkyl halides is 1. The summed E-state index contributed by atoms with van der Waals surface area (Å²) in [4.78, 5) is 0.0711. The largest absolute Gasteiger partial charge is 0.466 e. The molecule has 0 N–H and O–H groups in total. The van der Waals surface area contributed by atoms with Gasteiger partial charge in [-0.2, -0.15) is 0 Å². The van der Waals surface area contributed by atoms with E-state index in [4.69, 9.17) is 16.0 Å². The smallest absolute Gasteiger partial charge is 0.105 e. The van der Waals surface area contributed by atoms with Crippen molar-refractivity contribution in [3.05, 3.63) is 57.0 Å². The molecular weight excluding hydrogens is 312 g/mol. The van der Waals surface area contributed by atoms with Gasteiger partial charge in [-0.25, -0.2) is 0 Å². The lowest BCUT2D eigenvalue weighted by Gasteiger charge is -2.14. The van der Waals surface area contributed by atoms with Crippen LogP contribution < -0.4 is 0 Å². The summed E-state index contributed by atoms with van der Waals surface area (Å²) < 4.78 is 5.58. The maximum absolute atomic E-state index is 6.34. The number of hydrogen-bond donors (Lipinski definition) is 0. The summed E-state index contributed by atoms with van der Waals surface area (Å²) in [6.45, 7) is 8.10. The predicted molar refractivity (Wildman–Crippen MR) is 79.9 cm³/mol. The molecule has 2 aromatic rings. The highest BCUT2D eigenvalue weighted by Gasteiger charge is 2.19. The van der Waals surface area contributed by atoms with Gasteiger partial charge in [0.15, 0.2) is 0 Å². The summed E-state index contributed by atoms with van der Waals surface area (Å²) in [5.74, 6) is 1.86. The normalized spacial score (nSPS) is 12.8. The first-order chi connectivity index (χ1) is 8.40. The van der Waals surface area contributed by atoms with Gasteiger partial charge in [0.25, 0.3) is 0 Å². The van der Waals surface area contributed by atoms with E-state index in [0.717, 1.165) is 27.7 Å². The monoisotopic (exact) mass is 326 g/mol. The second-order valence-corrected chi connectivity index (χ2v) is 6.01. The van der Waals surface area contributed by atoms with E-state index in [-0.39, 0.29) is 4.83 Å². The topological polar surface area (TPSA) is 13.1 Å². The van der Waals surface area contributed by atoms with Crippen LogP contribution in [0.15, 0.2) is 22.6 Å². The summed E-state index contributed by atoms with van der Waals surface area (Å²) in [5.41, 5.74) is 4.68. The van der Waals surface area contributed by atoms with E-state index < -0.39 is 0 Å². The highest BCUT2D eigenvalue weighted by Crippen LogP contribution is 2.38. The third-order valence-corrected chi connectivity index (χ3v) is 4.55. The molecule has 1 nitrogen and oxygen atoms in total. The summed E-state index contributed by atoms with van der Waals surface area (Å²) >= 11 is 10.1. The molecule has 1 unspecified atom stereocenters. The third kappa shape index (κ3) is 2.50. The van der Waals surface area contributed by atoms with Gasteiger partial charge in [0.2, 0.25) is 0 Å². The quantitative estimate of drug-likeness (QED) is 0.649. The first kappa shape index (κ1) is 13.7. The van der Waals surface area contributed by atoms with E-state index in [1.165, 1.54) is 11.1 Å². The average Bonchev–Trinajstić information content (AvgIpc) is 2.62. The molecule has 1 aromatic carbocycles. The van der Waals surface area contributed by atoms with Gasteiger partial charge in [-0.1, -0.05) is 33.6 Å². The first-order valence-corrected chi connectivity index (χ1v) is 7.17. The molecule has 3 heteroatoms. The standard InChI is InChI=1S/C15H16BrClO/c1-8-5-13(14(17)6-9(8)2)15(16)12-7-10(3)18-11(12)4/h5-7,15H,1-4H3. The summed E-state index contributed by atoms with van der Waals surface area (Å²) in [7, 11) is 0. The second-order valence-electron chi connectivity index (χ2n) is 4.69. The van der Waals surface area contributed by atoms with Crippen LogP contribution in [0.4, 0.5) is 0 Å². The van der Waals surface area contributed by atoms with E-state index >= 15 is 0 Å². The Morgan fingerprint density at radius 3 is 2.17 bits per heavy atom. The minimum Gasteiger partial charge on any atom is -0.466 e. The third-order valence-electron chi connectivity index (χ3n) is 3.24. The van der Waals surface area contributed by atoms with Crippen molar-refractivity contribution in [2.75, 3.05) is 0 Å². The molecule has 2 rings (SSSR count). The molecule has 0 spiro atoms. The van der Waals surface area contributed by atoms with E-state index in [1.807, 2.05) is 19.9 Å². The van der Waals surface area contributed by atoms with Crippen LogP contribution in [0.25, 0.3) is 0 Å². The molecule has 1 heterocycles. The van der Waals surface area contributed by atoms with Crippen LogP contribution in [0.1, 0.15) is 38.6 Å². The summed E-state index contributed by atoms with van der Waals surface area (Å²) in [6.07, 6.45) is 0. The Labute approximate surface area is 121 Å². The molecule has 0 saturated heterocycles. The zero-order valence-corrected chi connectivity index (χ0v) is 13.3. The zero-order chi connectivity index (χ0) is 13.4. The molecular formula is C15H16BrClO. The predicted octanol–water partition coefficient (Wildman–Crippen LogP) is 5.65. The van der Waals surface area contributed by atoms with Crippen molar-refractivity contribution in [2.24, 2.45) is 0 Å². The van der Waals surface area contributed by atoms with Crippen molar-refractivity contribution >= 4 is 27.5 Å². The van der Waals surface area contributed by atoms with E-state index in [9.17, 15) is 0 Å². The molecule has 96 valence electrons. The maximum atomic E-state index is 6.34. The molecule has 0 saturated carbocycles. The highest BCUT2D eigenvalue weighted by molar-refractivity contribution is 9.09. The number of rotatable bonds is 2. The first-order valence-electron chi connectivity index (χ1n) is 5.87. The minimum atomic E-state index is 0.0711. The van der Waals surface area contributed by atoms with Crippen LogP contribution in [-0.2, 0) is 0 Å². The molecule has 1 aromatic heterocycles. The fourth-order valence-corrected chi connectivity index (χ4v) is 3.36. The van der Waals surface area contributed by atoms with Crippen LogP contribution >= 0.6 is 27.5 Å². The van der Waals surface area contributed by atoms with Crippen LogP contribution in [-0.4, -0.2) is 0 Å². The molecule has 0 fully saturated rings. The lowest BCUT2D eigenvalue weighted by atomic mass is 10.0. The Kier molecular flexibility index (Phi) is 3.88.